The number of hydrogen-bond donors (Lipinski definition) is 1. The second kappa shape index (κ2) is 8.47. The topological polar surface area (TPSA) is 107 Å². The van der Waals surface area contributed by atoms with E-state index in [1.165, 1.54) is 29.8 Å². The maximum absolute atomic E-state index is 12.4. The summed E-state index contributed by atoms with van der Waals surface area (Å²) in [6.45, 7) is 3.46. The fourth-order valence-corrected chi connectivity index (χ4v) is 2.85. The molecule has 0 saturated heterocycles. The zero-order valence-corrected chi connectivity index (χ0v) is 16.1. The third-order valence-corrected chi connectivity index (χ3v) is 4.51. The highest BCUT2D eigenvalue weighted by molar-refractivity contribution is 5.91. The van der Waals surface area contributed by atoms with Gasteiger partial charge in [-0.2, -0.15) is 5.10 Å². The van der Waals surface area contributed by atoms with Gasteiger partial charge in [0, 0.05) is 29.4 Å². The van der Waals surface area contributed by atoms with Crippen molar-refractivity contribution in [2.24, 2.45) is 0 Å². The lowest BCUT2D eigenvalue weighted by Gasteiger charge is -2.10. The molecule has 0 bridgehead atoms. The molecule has 8 heteroatoms. The summed E-state index contributed by atoms with van der Waals surface area (Å²) >= 11 is 0. The predicted octanol–water partition coefficient (Wildman–Crippen LogP) is 3.33. The number of hydrogen-bond acceptors (Lipinski definition) is 5. The van der Waals surface area contributed by atoms with Gasteiger partial charge in [-0.1, -0.05) is 31.2 Å². The van der Waals surface area contributed by atoms with E-state index in [2.05, 4.69) is 17.3 Å². The number of non-ortho nitro benzene ring substituents is 1. The molecule has 148 valence electrons. The molecule has 29 heavy (non-hydrogen) atoms. The molecular formula is C21H20N4O4. The van der Waals surface area contributed by atoms with Crippen LogP contribution >= 0.6 is 0 Å². The number of nitrogens with zero attached hydrogens (tertiary/aromatic N) is 3. The lowest BCUT2D eigenvalue weighted by Crippen LogP contribution is -2.29. The van der Waals surface area contributed by atoms with Gasteiger partial charge in [0.2, 0.25) is 5.91 Å². The molecule has 0 atom stereocenters. The van der Waals surface area contributed by atoms with Crippen LogP contribution in [-0.2, 0) is 17.8 Å². The van der Waals surface area contributed by atoms with Crippen molar-refractivity contribution in [1.82, 2.24) is 9.78 Å². The number of carbonyl (C=O) groups is 1. The number of nitro groups is 1. The van der Waals surface area contributed by atoms with Crippen LogP contribution in [-0.4, -0.2) is 20.6 Å². The van der Waals surface area contributed by atoms with E-state index in [9.17, 15) is 19.7 Å². The van der Waals surface area contributed by atoms with Crippen molar-refractivity contribution in [2.75, 3.05) is 5.32 Å². The van der Waals surface area contributed by atoms with E-state index < -0.39 is 16.4 Å². The minimum atomic E-state index is -0.499. The molecule has 0 fully saturated rings. The van der Waals surface area contributed by atoms with Gasteiger partial charge >= 0.3 is 0 Å². The largest absolute Gasteiger partial charge is 0.324 e. The molecule has 0 saturated carbocycles. The fraction of sp³-hybridized carbons (Fsp3) is 0.190. The standard InChI is InChI=1S/C21H20N4O4/c1-3-15-4-6-16(7-5-15)19-10-11-21(27)24(23-19)13-20(26)22-18-9-8-17(25(28)29)12-14(18)2/h4-12H,3,13H2,1-2H3,(H,22,26). The number of aromatic nitrogens is 2. The SMILES string of the molecule is CCc1ccc(-c2ccc(=O)n(CC(=O)Nc3ccc([N+](=O)[O-])cc3C)n2)cc1. The Bertz CT molecular complexity index is 1120. The van der Waals surface area contributed by atoms with Gasteiger partial charge in [0.25, 0.3) is 11.2 Å². The first-order valence-electron chi connectivity index (χ1n) is 9.09. The van der Waals surface area contributed by atoms with Gasteiger partial charge in [-0.05, 0) is 36.6 Å². The first kappa shape index (κ1) is 19.9. The summed E-state index contributed by atoms with van der Waals surface area (Å²) in [7, 11) is 0. The molecule has 8 nitrogen and oxygen atoms in total. The van der Waals surface area contributed by atoms with E-state index in [1.54, 1.807) is 13.0 Å². The van der Waals surface area contributed by atoms with E-state index in [4.69, 9.17) is 0 Å². The van der Waals surface area contributed by atoms with Crippen LogP contribution < -0.4 is 10.9 Å². The minimum Gasteiger partial charge on any atom is -0.324 e. The van der Waals surface area contributed by atoms with Crippen molar-refractivity contribution < 1.29 is 9.72 Å². The van der Waals surface area contributed by atoms with Crippen molar-refractivity contribution in [3.63, 3.8) is 0 Å². The fourth-order valence-electron chi connectivity index (χ4n) is 2.85. The van der Waals surface area contributed by atoms with Crippen molar-refractivity contribution in [3.05, 3.63) is 86.2 Å². The van der Waals surface area contributed by atoms with E-state index in [-0.39, 0.29) is 12.2 Å². The number of rotatable bonds is 6. The van der Waals surface area contributed by atoms with Gasteiger partial charge in [-0.15, -0.1) is 0 Å². The van der Waals surface area contributed by atoms with E-state index in [0.29, 0.717) is 16.9 Å². The lowest BCUT2D eigenvalue weighted by molar-refractivity contribution is -0.384. The smallest absolute Gasteiger partial charge is 0.269 e. The summed E-state index contributed by atoms with van der Waals surface area (Å²) in [5, 5.41) is 17.8. The first-order valence-corrected chi connectivity index (χ1v) is 9.09. The van der Waals surface area contributed by atoms with Gasteiger partial charge in [0.15, 0.2) is 0 Å². The number of anilines is 1. The number of aryl methyl sites for hydroxylation is 2. The number of nitro benzene ring substituents is 1. The van der Waals surface area contributed by atoms with Gasteiger partial charge in [-0.25, -0.2) is 4.68 Å². The van der Waals surface area contributed by atoms with Crippen LogP contribution in [0.15, 0.2) is 59.4 Å². The Morgan fingerprint density at radius 1 is 1.14 bits per heavy atom. The Morgan fingerprint density at radius 3 is 2.48 bits per heavy atom. The van der Waals surface area contributed by atoms with E-state index in [1.807, 2.05) is 24.3 Å². The van der Waals surface area contributed by atoms with Gasteiger partial charge in [-0.3, -0.25) is 19.7 Å². The zero-order chi connectivity index (χ0) is 21.0. The maximum atomic E-state index is 12.4. The molecule has 0 aliphatic heterocycles. The Balaban J connectivity index is 1.78. The van der Waals surface area contributed by atoms with Crippen molar-refractivity contribution in [2.45, 2.75) is 26.8 Å². The summed E-state index contributed by atoms with van der Waals surface area (Å²) in [4.78, 5) is 34.8. The van der Waals surface area contributed by atoms with Crippen LogP contribution in [0, 0.1) is 17.0 Å². The minimum absolute atomic E-state index is 0.0554. The number of carbonyl (C=O) groups excluding carboxylic acids is 1. The first-order chi connectivity index (χ1) is 13.9. The summed E-state index contributed by atoms with van der Waals surface area (Å²) < 4.78 is 1.10. The molecule has 2 aromatic carbocycles. The number of nitrogens with one attached hydrogen (secondary N) is 1. The van der Waals surface area contributed by atoms with Gasteiger partial charge in [0.1, 0.15) is 6.54 Å². The van der Waals surface area contributed by atoms with Crippen molar-refractivity contribution in [3.8, 4) is 11.3 Å². The second-order valence-electron chi connectivity index (χ2n) is 6.57. The highest BCUT2D eigenvalue weighted by Crippen LogP contribution is 2.21. The van der Waals surface area contributed by atoms with E-state index >= 15 is 0 Å². The quantitative estimate of drug-likeness (QED) is 0.511. The van der Waals surface area contributed by atoms with Crippen LogP contribution in [0.25, 0.3) is 11.3 Å². The van der Waals surface area contributed by atoms with Crippen molar-refractivity contribution >= 4 is 17.3 Å². The molecule has 1 heterocycles. The molecule has 0 aliphatic rings. The molecule has 0 aliphatic carbocycles. The third-order valence-electron chi connectivity index (χ3n) is 4.51. The summed E-state index contributed by atoms with van der Waals surface area (Å²) in [5.41, 5.74) is 3.18. The molecule has 1 aromatic heterocycles. The monoisotopic (exact) mass is 392 g/mol. The van der Waals surface area contributed by atoms with Crippen molar-refractivity contribution in [1.29, 1.82) is 0 Å². The predicted molar refractivity (Wildman–Crippen MR) is 110 cm³/mol. The van der Waals surface area contributed by atoms with Crippen LogP contribution in [0.5, 0.6) is 0 Å². The molecule has 0 spiro atoms. The highest BCUT2D eigenvalue weighted by Gasteiger charge is 2.12. The Labute approximate surface area is 167 Å². The average Bonchev–Trinajstić information content (AvgIpc) is 2.71. The second-order valence-corrected chi connectivity index (χ2v) is 6.57. The lowest BCUT2D eigenvalue weighted by atomic mass is 10.1. The molecule has 1 amide bonds. The van der Waals surface area contributed by atoms with Crippen LogP contribution in [0.3, 0.4) is 0 Å². The maximum Gasteiger partial charge on any atom is 0.269 e. The molecule has 0 unspecified atom stereocenters. The highest BCUT2D eigenvalue weighted by atomic mass is 16.6. The normalized spacial score (nSPS) is 10.6. The molecule has 3 rings (SSSR count). The summed E-state index contributed by atoms with van der Waals surface area (Å²) in [6, 6.07) is 15.0. The Morgan fingerprint density at radius 2 is 1.86 bits per heavy atom. The molecule has 3 aromatic rings. The van der Waals surface area contributed by atoms with E-state index in [0.717, 1.165) is 16.7 Å². The summed E-state index contributed by atoms with van der Waals surface area (Å²) in [6.07, 6.45) is 0.926. The summed E-state index contributed by atoms with van der Waals surface area (Å²) in [5.74, 6) is -0.449. The molecule has 1 N–H and O–H groups in total. The third kappa shape index (κ3) is 4.73. The van der Waals surface area contributed by atoms with Crippen LogP contribution in [0.2, 0.25) is 0 Å². The van der Waals surface area contributed by atoms with Crippen LogP contribution in [0.4, 0.5) is 11.4 Å². The Hall–Kier alpha value is -3.81. The van der Waals surface area contributed by atoms with Crippen LogP contribution in [0.1, 0.15) is 18.1 Å². The van der Waals surface area contributed by atoms with Gasteiger partial charge in [0.05, 0.1) is 10.6 Å². The van der Waals surface area contributed by atoms with Gasteiger partial charge < -0.3 is 5.32 Å². The molecular weight excluding hydrogens is 372 g/mol. The number of benzene rings is 2. The Kier molecular flexibility index (Phi) is 5.82. The number of amides is 1. The zero-order valence-electron chi connectivity index (χ0n) is 16.1. The molecule has 0 radical (unpaired) electrons. The average molecular weight is 392 g/mol.